The molecule has 0 aromatic carbocycles. The van der Waals surface area contributed by atoms with Gasteiger partial charge < -0.3 is 5.11 Å². The third-order valence-corrected chi connectivity index (χ3v) is 2.52. The van der Waals surface area contributed by atoms with Crippen molar-refractivity contribution < 1.29 is 5.11 Å². The van der Waals surface area contributed by atoms with Crippen molar-refractivity contribution in [2.75, 3.05) is 0 Å². The summed E-state index contributed by atoms with van der Waals surface area (Å²) >= 11 is 0. The van der Waals surface area contributed by atoms with Gasteiger partial charge in [-0.3, -0.25) is 0 Å². The Bertz CT molecular complexity index is 133. The Morgan fingerprint density at radius 2 is 1.73 bits per heavy atom. The lowest BCUT2D eigenvalue weighted by Gasteiger charge is -2.50. The van der Waals surface area contributed by atoms with Crippen molar-refractivity contribution in [2.24, 2.45) is 11.3 Å². The lowest BCUT2D eigenvalue weighted by molar-refractivity contribution is -0.114. The lowest BCUT2D eigenvalue weighted by atomic mass is 9.58. The molecule has 1 heteroatoms. The average Bonchev–Trinajstić information content (AvgIpc) is 1.52. The summed E-state index contributed by atoms with van der Waals surface area (Å²) in [6.45, 7) is 8.72. The minimum atomic E-state index is -0.357. The Hall–Kier alpha value is -0.0400. The molecular formula is C10H20O. The highest BCUT2D eigenvalue weighted by Gasteiger charge is 2.47. The summed E-state index contributed by atoms with van der Waals surface area (Å²) in [6.07, 6.45) is 3.22. The molecule has 0 amide bonds. The van der Waals surface area contributed by atoms with Crippen LogP contribution >= 0.6 is 0 Å². The second-order valence-corrected chi connectivity index (χ2v) is 5.26. The van der Waals surface area contributed by atoms with Crippen LogP contribution in [0.5, 0.6) is 0 Å². The Labute approximate surface area is 69.8 Å². The first kappa shape index (κ1) is 9.05. The van der Waals surface area contributed by atoms with E-state index in [1.54, 1.807) is 0 Å². The summed E-state index contributed by atoms with van der Waals surface area (Å²) in [5.74, 6) is 0.760. The minimum Gasteiger partial charge on any atom is -0.390 e. The van der Waals surface area contributed by atoms with Crippen molar-refractivity contribution in [3.8, 4) is 0 Å². The quantitative estimate of drug-likeness (QED) is 0.651. The summed E-state index contributed by atoms with van der Waals surface area (Å²) in [5, 5.41) is 9.56. The van der Waals surface area contributed by atoms with E-state index in [1.165, 1.54) is 6.42 Å². The molecule has 0 radical (unpaired) electrons. The van der Waals surface area contributed by atoms with Gasteiger partial charge in [0, 0.05) is 0 Å². The normalized spacial score (nSPS) is 44.2. The SMILES string of the molecule is CC(C)CC1(C)CC(C)(O)C1. The van der Waals surface area contributed by atoms with Crippen LogP contribution < -0.4 is 0 Å². The van der Waals surface area contributed by atoms with Crippen LogP contribution in [-0.2, 0) is 0 Å². The van der Waals surface area contributed by atoms with Crippen LogP contribution in [0.3, 0.4) is 0 Å². The molecule has 0 aromatic rings. The fourth-order valence-electron chi connectivity index (χ4n) is 2.92. The number of aliphatic hydroxyl groups is 1. The molecule has 11 heavy (non-hydrogen) atoms. The highest BCUT2D eigenvalue weighted by molar-refractivity contribution is 4.99. The highest BCUT2D eigenvalue weighted by atomic mass is 16.3. The van der Waals surface area contributed by atoms with Gasteiger partial charge in [0.2, 0.25) is 0 Å². The topological polar surface area (TPSA) is 20.2 Å². The number of hydrogen-bond acceptors (Lipinski definition) is 1. The van der Waals surface area contributed by atoms with E-state index < -0.39 is 0 Å². The largest absolute Gasteiger partial charge is 0.390 e. The highest BCUT2D eigenvalue weighted by Crippen LogP contribution is 2.51. The Balaban J connectivity index is 2.37. The third-order valence-electron chi connectivity index (χ3n) is 2.52. The zero-order chi connectivity index (χ0) is 8.70. The number of hydrogen-bond donors (Lipinski definition) is 1. The number of rotatable bonds is 2. The van der Waals surface area contributed by atoms with Crippen molar-refractivity contribution in [3.05, 3.63) is 0 Å². The predicted octanol–water partition coefficient (Wildman–Crippen LogP) is 2.58. The molecule has 0 unspecified atom stereocenters. The van der Waals surface area contributed by atoms with Crippen LogP contribution in [0, 0.1) is 11.3 Å². The molecule has 0 aromatic heterocycles. The van der Waals surface area contributed by atoms with Crippen molar-refractivity contribution in [3.63, 3.8) is 0 Å². The van der Waals surface area contributed by atoms with E-state index >= 15 is 0 Å². The molecular weight excluding hydrogens is 136 g/mol. The van der Waals surface area contributed by atoms with E-state index in [0.717, 1.165) is 18.8 Å². The molecule has 1 nitrogen and oxygen atoms in total. The van der Waals surface area contributed by atoms with Crippen LogP contribution in [0.2, 0.25) is 0 Å². The van der Waals surface area contributed by atoms with E-state index in [9.17, 15) is 5.11 Å². The van der Waals surface area contributed by atoms with Crippen LogP contribution in [0.15, 0.2) is 0 Å². The molecule has 66 valence electrons. The molecule has 1 rings (SSSR count). The standard InChI is InChI=1S/C10H20O/c1-8(2)5-9(3)6-10(4,11)7-9/h8,11H,5-7H2,1-4H3. The first-order valence-corrected chi connectivity index (χ1v) is 4.55. The van der Waals surface area contributed by atoms with Crippen LogP contribution in [0.1, 0.15) is 47.0 Å². The fourth-order valence-corrected chi connectivity index (χ4v) is 2.92. The van der Waals surface area contributed by atoms with Gasteiger partial charge in [-0.25, -0.2) is 0 Å². The molecule has 0 heterocycles. The molecule has 0 bridgehead atoms. The molecule has 0 spiro atoms. The maximum absolute atomic E-state index is 9.56. The summed E-state index contributed by atoms with van der Waals surface area (Å²) in [7, 11) is 0. The molecule has 1 fully saturated rings. The van der Waals surface area contributed by atoms with Crippen molar-refractivity contribution in [1.29, 1.82) is 0 Å². The maximum Gasteiger partial charge on any atom is 0.0630 e. The molecule has 1 aliphatic carbocycles. The van der Waals surface area contributed by atoms with Crippen LogP contribution in [-0.4, -0.2) is 10.7 Å². The van der Waals surface area contributed by atoms with Crippen LogP contribution in [0.25, 0.3) is 0 Å². The van der Waals surface area contributed by atoms with Crippen LogP contribution in [0.4, 0.5) is 0 Å². The molecule has 1 aliphatic rings. The summed E-state index contributed by atoms with van der Waals surface area (Å²) < 4.78 is 0. The van der Waals surface area contributed by atoms with E-state index in [4.69, 9.17) is 0 Å². The lowest BCUT2D eigenvalue weighted by Crippen LogP contribution is -2.48. The van der Waals surface area contributed by atoms with Gasteiger partial charge in [0.1, 0.15) is 0 Å². The first-order valence-electron chi connectivity index (χ1n) is 4.55. The van der Waals surface area contributed by atoms with E-state index in [2.05, 4.69) is 20.8 Å². The van der Waals surface area contributed by atoms with Crippen molar-refractivity contribution in [2.45, 2.75) is 52.6 Å². The second-order valence-electron chi connectivity index (χ2n) is 5.26. The Kier molecular flexibility index (Phi) is 2.04. The third kappa shape index (κ3) is 2.19. The van der Waals surface area contributed by atoms with E-state index in [0.29, 0.717) is 5.41 Å². The Morgan fingerprint density at radius 3 is 2.00 bits per heavy atom. The Morgan fingerprint density at radius 1 is 1.27 bits per heavy atom. The first-order chi connectivity index (χ1) is 4.83. The molecule has 1 saturated carbocycles. The fraction of sp³-hybridized carbons (Fsp3) is 1.00. The van der Waals surface area contributed by atoms with Gasteiger partial charge in [0.15, 0.2) is 0 Å². The van der Waals surface area contributed by atoms with Crippen molar-refractivity contribution >= 4 is 0 Å². The van der Waals surface area contributed by atoms with Gasteiger partial charge in [-0.2, -0.15) is 0 Å². The van der Waals surface area contributed by atoms with E-state index in [1.807, 2.05) is 6.92 Å². The van der Waals surface area contributed by atoms with Gasteiger partial charge in [-0.15, -0.1) is 0 Å². The minimum absolute atomic E-state index is 0.357. The molecule has 1 N–H and O–H groups in total. The van der Waals surface area contributed by atoms with Crippen molar-refractivity contribution in [1.82, 2.24) is 0 Å². The average molecular weight is 156 g/mol. The van der Waals surface area contributed by atoms with Gasteiger partial charge in [-0.05, 0) is 37.5 Å². The summed E-state index contributed by atoms with van der Waals surface area (Å²) in [5.41, 5.74) is 0.0707. The predicted molar refractivity (Wildman–Crippen MR) is 47.4 cm³/mol. The van der Waals surface area contributed by atoms with Gasteiger partial charge in [-0.1, -0.05) is 20.8 Å². The zero-order valence-electron chi connectivity index (χ0n) is 8.15. The molecule has 0 saturated heterocycles. The monoisotopic (exact) mass is 156 g/mol. The maximum atomic E-state index is 9.56. The summed E-state index contributed by atoms with van der Waals surface area (Å²) in [6, 6.07) is 0. The smallest absolute Gasteiger partial charge is 0.0630 e. The van der Waals surface area contributed by atoms with Gasteiger partial charge in [0.25, 0.3) is 0 Å². The van der Waals surface area contributed by atoms with Gasteiger partial charge in [0.05, 0.1) is 5.60 Å². The summed E-state index contributed by atoms with van der Waals surface area (Å²) in [4.78, 5) is 0. The second kappa shape index (κ2) is 2.48. The molecule has 0 atom stereocenters. The zero-order valence-corrected chi connectivity index (χ0v) is 8.15. The molecule has 0 aliphatic heterocycles. The van der Waals surface area contributed by atoms with E-state index in [-0.39, 0.29) is 5.60 Å². The van der Waals surface area contributed by atoms with Gasteiger partial charge >= 0.3 is 0 Å².